The van der Waals surface area contributed by atoms with Gasteiger partial charge in [0.25, 0.3) is 0 Å². The molecule has 0 bridgehead atoms. The number of carbonyl (C=O) groups is 1. The van der Waals surface area contributed by atoms with Crippen molar-refractivity contribution in [2.75, 3.05) is 7.11 Å². The summed E-state index contributed by atoms with van der Waals surface area (Å²) < 4.78 is 6.87. The Morgan fingerprint density at radius 2 is 1.90 bits per heavy atom. The monoisotopic (exact) mass is 288 g/mol. The van der Waals surface area contributed by atoms with Crippen LogP contribution in [0.4, 0.5) is 0 Å². The summed E-state index contributed by atoms with van der Waals surface area (Å²) in [6, 6.07) is 7.44. The predicted octanol–water partition coefficient (Wildman–Crippen LogP) is 3.48. The molecule has 1 heterocycles. The fourth-order valence-electron chi connectivity index (χ4n) is 2.52. The number of aromatic nitrogens is 2. The fourth-order valence-corrected chi connectivity index (χ4v) is 2.52. The molecule has 0 amide bonds. The summed E-state index contributed by atoms with van der Waals surface area (Å²) in [7, 11) is 1.61. The Bertz CT molecular complexity index is 613. The first-order chi connectivity index (χ1) is 10.1. The van der Waals surface area contributed by atoms with Crippen molar-refractivity contribution in [3.8, 4) is 11.4 Å². The lowest BCUT2D eigenvalue weighted by Crippen LogP contribution is -2.11. The second-order valence-electron chi connectivity index (χ2n) is 4.87. The molecule has 2 rings (SSSR count). The summed E-state index contributed by atoms with van der Waals surface area (Å²) in [5, 5.41) is 13.6. The van der Waals surface area contributed by atoms with Crippen molar-refractivity contribution in [1.82, 2.24) is 9.78 Å². The Kier molecular flexibility index (Phi) is 4.62. The van der Waals surface area contributed by atoms with Crippen LogP contribution in [0.15, 0.2) is 30.5 Å². The van der Waals surface area contributed by atoms with Crippen molar-refractivity contribution >= 4 is 5.97 Å². The normalized spacial score (nSPS) is 10.9. The Balaban J connectivity index is 2.54. The van der Waals surface area contributed by atoms with E-state index in [2.05, 4.69) is 18.9 Å². The highest BCUT2D eigenvalue weighted by molar-refractivity contribution is 5.89. The maximum Gasteiger partial charge on any atom is 0.339 e. The summed E-state index contributed by atoms with van der Waals surface area (Å²) in [6.45, 7) is 4.12. The number of ether oxygens (including phenoxy) is 1. The SMILES string of the molecule is CCC(CC)c1c(C(=O)O)cnn1-c1ccc(OC)cc1. The molecular weight excluding hydrogens is 268 g/mol. The van der Waals surface area contributed by atoms with Crippen LogP contribution in [0.3, 0.4) is 0 Å². The molecule has 1 aromatic heterocycles. The number of aromatic carboxylic acids is 1. The van der Waals surface area contributed by atoms with Gasteiger partial charge in [-0.3, -0.25) is 0 Å². The van der Waals surface area contributed by atoms with Crippen LogP contribution in [-0.2, 0) is 0 Å². The molecule has 0 fully saturated rings. The van der Waals surface area contributed by atoms with Crippen LogP contribution in [0.25, 0.3) is 5.69 Å². The van der Waals surface area contributed by atoms with Crippen molar-refractivity contribution in [1.29, 1.82) is 0 Å². The van der Waals surface area contributed by atoms with Crippen LogP contribution in [0.2, 0.25) is 0 Å². The standard InChI is InChI=1S/C16H20N2O3/c1-4-11(5-2)15-14(16(19)20)10-17-18(15)12-6-8-13(21-3)9-7-12/h6-11H,4-5H2,1-3H3,(H,19,20). The van der Waals surface area contributed by atoms with Crippen LogP contribution in [0.5, 0.6) is 5.75 Å². The Hall–Kier alpha value is -2.30. The zero-order chi connectivity index (χ0) is 15.4. The van der Waals surface area contributed by atoms with Gasteiger partial charge in [0.2, 0.25) is 0 Å². The zero-order valence-corrected chi connectivity index (χ0v) is 12.5. The molecule has 5 heteroatoms. The van der Waals surface area contributed by atoms with Gasteiger partial charge >= 0.3 is 5.97 Å². The Morgan fingerprint density at radius 1 is 1.29 bits per heavy atom. The molecular formula is C16H20N2O3. The van der Waals surface area contributed by atoms with Crippen molar-refractivity contribution in [2.24, 2.45) is 0 Å². The number of nitrogens with zero attached hydrogens (tertiary/aromatic N) is 2. The first-order valence-corrected chi connectivity index (χ1v) is 7.07. The highest BCUT2D eigenvalue weighted by atomic mass is 16.5. The molecule has 21 heavy (non-hydrogen) atoms. The van der Waals surface area contributed by atoms with Gasteiger partial charge in [0.1, 0.15) is 11.3 Å². The molecule has 0 atom stereocenters. The second-order valence-corrected chi connectivity index (χ2v) is 4.87. The zero-order valence-electron chi connectivity index (χ0n) is 12.5. The van der Waals surface area contributed by atoms with Crippen LogP contribution in [0.1, 0.15) is 48.7 Å². The molecule has 2 aromatic rings. The van der Waals surface area contributed by atoms with Gasteiger partial charge in [0.05, 0.1) is 24.7 Å². The molecule has 1 N–H and O–H groups in total. The van der Waals surface area contributed by atoms with E-state index in [0.717, 1.165) is 30.0 Å². The quantitative estimate of drug-likeness (QED) is 0.883. The lowest BCUT2D eigenvalue weighted by molar-refractivity contribution is 0.0695. The minimum absolute atomic E-state index is 0.167. The highest BCUT2D eigenvalue weighted by Crippen LogP contribution is 2.29. The predicted molar refractivity (Wildman–Crippen MR) is 80.4 cm³/mol. The summed E-state index contributed by atoms with van der Waals surface area (Å²) in [5.41, 5.74) is 1.88. The van der Waals surface area contributed by atoms with E-state index >= 15 is 0 Å². The van der Waals surface area contributed by atoms with Crippen molar-refractivity contribution in [3.63, 3.8) is 0 Å². The number of benzene rings is 1. The van der Waals surface area contributed by atoms with Gasteiger partial charge in [-0.25, -0.2) is 9.48 Å². The summed E-state index contributed by atoms with van der Waals surface area (Å²) in [5.74, 6) is -0.00851. The topological polar surface area (TPSA) is 64.3 Å². The molecule has 0 aliphatic heterocycles. The van der Waals surface area contributed by atoms with Crippen LogP contribution < -0.4 is 4.74 Å². The Labute approximate surface area is 124 Å². The maximum absolute atomic E-state index is 11.4. The van der Waals surface area contributed by atoms with E-state index in [9.17, 15) is 9.90 Å². The van der Waals surface area contributed by atoms with Crippen molar-refractivity contribution < 1.29 is 14.6 Å². The van der Waals surface area contributed by atoms with Gasteiger partial charge in [0.15, 0.2) is 0 Å². The molecule has 0 aliphatic rings. The fraction of sp³-hybridized carbons (Fsp3) is 0.375. The second kappa shape index (κ2) is 6.43. The summed E-state index contributed by atoms with van der Waals surface area (Å²) in [6.07, 6.45) is 3.18. The minimum atomic E-state index is -0.934. The molecule has 0 aliphatic carbocycles. The number of hydrogen-bond donors (Lipinski definition) is 1. The van der Waals surface area contributed by atoms with Gasteiger partial charge in [-0.15, -0.1) is 0 Å². The molecule has 0 saturated carbocycles. The average Bonchev–Trinajstić information content (AvgIpc) is 2.94. The Morgan fingerprint density at radius 3 is 2.38 bits per heavy atom. The number of carboxylic acids is 1. The highest BCUT2D eigenvalue weighted by Gasteiger charge is 2.23. The lowest BCUT2D eigenvalue weighted by Gasteiger charge is -2.16. The van der Waals surface area contributed by atoms with Crippen LogP contribution in [0, 0.1) is 0 Å². The van der Waals surface area contributed by atoms with Gasteiger partial charge in [-0.2, -0.15) is 5.10 Å². The minimum Gasteiger partial charge on any atom is -0.497 e. The third-order valence-electron chi connectivity index (χ3n) is 3.73. The van der Waals surface area contributed by atoms with E-state index in [4.69, 9.17) is 4.74 Å². The van der Waals surface area contributed by atoms with Gasteiger partial charge in [0, 0.05) is 5.92 Å². The maximum atomic E-state index is 11.4. The molecule has 0 radical (unpaired) electrons. The van der Waals surface area contributed by atoms with Gasteiger partial charge in [-0.1, -0.05) is 13.8 Å². The smallest absolute Gasteiger partial charge is 0.339 e. The van der Waals surface area contributed by atoms with Crippen LogP contribution in [-0.4, -0.2) is 28.0 Å². The number of methoxy groups -OCH3 is 1. The first kappa shape index (κ1) is 15.1. The van der Waals surface area contributed by atoms with E-state index in [1.54, 1.807) is 11.8 Å². The molecule has 1 aromatic carbocycles. The molecule has 0 saturated heterocycles. The van der Waals surface area contributed by atoms with Crippen molar-refractivity contribution in [3.05, 3.63) is 41.7 Å². The van der Waals surface area contributed by atoms with E-state index in [1.165, 1.54) is 6.20 Å². The van der Waals surface area contributed by atoms with Gasteiger partial charge < -0.3 is 9.84 Å². The molecule has 112 valence electrons. The molecule has 0 unspecified atom stereocenters. The number of rotatable bonds is 6. The van der Waals surface area contributed by atoms with Crippen LogP contribution >= 0.6 is 0 Å². The van der Waals surface area contributed by atoms with E-state index < -0.39 is 5.97 Å². The number of hydrogen-bond acceptors (Lipinski definition) is 3. The van der Waals surface area contributed by atoms with E-state index in [-0.39, 0.29) is 11.5 Å². The van der Waals surface area contributed by atoms with E-state index in [1.807, 2.05) is 24.3 Å². The number of carboxylic acid groups (broad SMARTS) is 1. The lowest BCUT2D eigenvalue weighted by atomic mass is 9.96. The third-order valence-corrected chi connectivity index (χ3v) is 3.73. The van der Waals surface area contributed by atoms with Crippen molar-refractivity contribution in [2.45, 2.75) is 32.6 Å². The molecule has 5 nitrogen and oxygen atoms in total. The summed E-state index contributed by atoms with van der Waals surface area (Å²) in [4.78, 5) is 11.4. The van der Waals surface area contributed by atoms with E-state index in [0.29, 0.717) is 0 Å². The third kappa shape index (κ3) is 2.91. The first-order valence-electron chi connectivity index (χ1n) is 7.07. The summed E-state index contributed by atoms with van der Waals surface area (Å²) >= 11 is 0. The molecule has 0 spiro atoms. The van der Waals surface area contributed by atoms with Gasteiger partial charge in [-0.05, 0) is 37.1 Å². The largest absolute Gasteiger partial charge is 0.497 e. The average molecular weight is 288 g/mol.